The van der Waals surface area contributed by atoms with Crippen molar-refractivity contribution < 1.29 is 25.5 Å². The molecule has 5 nitrogen and oxygen atoms in total. The predicted octanol–water partition coefficient (Wildman–Crippen LogP) is 15.3. The summed E-state index contributed by atoms with van der Waals surface area (Å²) in [6.07, 6.45) is 0. The number of aromatic hydroxyl groups is 5. The molecule has 11 rings (SSSR count). The molecule has 0 aliphatic heterocycles. The summed E-state index contributed by atoms with van der Waals surface area (Å²) in [4.78, 5) is 0. The van der Waals surface area contributed by atoms with Gasteiger partial charge in [-0.2, -0.15) is 0 Å². The van der Waals surface area contributed by atoms with Crippen LogP contribution in [0, 0.1) is 0 Å². The maximum Gasteiger partial charge on any atom is 0.208 e. The molecule has 0 heterocycles. The van der Waals surface area contributed by atoms with Crippen LogP contribution in [-0.2, 0) is 0 Å². The van der Waals surface area contributed by atoms with E-state index in [4.69, 9.17) is 0 Å². The van der Waals surface area contributed by atoms with E-state index < -0.39 is 28.7 Å². The minimum absolute atomic E-state index is 0.185. The number of hydrogen-bond acceptors (Lipinski definition) is 5. The molecule has 0 spiro atoms. The van der Waals surface area contributed by atoms with Gasteiger partial charge in [0.25, 0.3) is 0 Å². The predicted molar refractivity (Wildman–Crippen MR) is 261 cm³/mol. The topological polar surface area (TPSA) is 101 Å². The monoisotopic (exact) mass is 818 g/mol. The normalized spacial score (nSPS) is 11.3. The lowest BCUT2D eigenvalue weighted by Crippen LogP contribution is -1.93. The highest BCUT2D eigenvalue weighted by atomic mass is 16.4. The molecule has 5 heteroatoms. The number of rotatable bonds is 5. The van der Waals surface area contributed by atoms with Crippen molar-refractivity contribution in [2.75, 3.05) is 0 Å². The summed E-state index contributed by atoms with van der Waals surface area (Å²) in [5, 5.41) is 64.6. The van der Waals surface area contributed by atoms with E-state index in [1.54, 1.807) is 0 Å². The lowest BCUT2D eigenvalue weighted by molar-refractivity contribution is 0.330. The van der Waals surface area contributed by atoms with Crippen LogP contribution in [0.25, 0.3) is 109 Å². The van der Waals surface area contributed by atoms with Gasteiger partial charge in [-0.25, -0.2) is 0 Å². The molecule has 0 saturated carbocycles. The van der Waals surface area contributed by atoms with Gasteiger partial charge in [0, 0.05) is 5.56 Å². The fraction of sp³-hybridized carbons (Fsp3) is 0.0345. The van der Waals surface area contributed by atoms with E-state index in [2.05, 4.69) is 115 Å². The highest BCUT2D eigenvalue weighted by Crippen LogP contribution is 2.58. The largest absolute Gasteiger partial charge is 0.504 e. The molecular weight excluding hydrogens is 777 g/mol. The van der Waals surface area contributed by atoms with Crippen LogP contribution in [0.4, 0.5) is 0 Å². The summed E-state index contributed by atoms with van der Waals surface area (Å²) < 4.78 is 0. The van der Waals surface area contributed by atoms with Crippen LogP contribution in [0.15, 0.2) is 188 Å². The van der Waals surface area contributed by atoms with E-state index in [-0.39, 0.29) is 5.56 Å². The molecule has 304 valence electrons. The Bertz CT molecular complexity index is 3530. The third-order valence-electron chi connectivity index (χ3n) is 12.2. The summed E-state index contributed by atoms with van der Waals surface area (Å²) >= 11 is 0. The van der Waals surface area contributed by atoms with E-state index in [1.807, 2.05) is 86.6 Å². The van der Waals surface area contributed by atoms with E-state index in [0.29, 0.717) is 16.3 Å². The molecule has 0 atom stereocenters. The Morgan fingerprint density at radius 1 is 0.238 bits per heavy atom. The molecule has 0 aliphatic carbocycles. The van der Waals surface area contributed by atoms with E-state index in [0.717, 1.165) is 49.7 Å². The summed E-state index contributed by atoms with van der Waals surface area (Å²) in [6, 6.07) is 64.9. The van der Waals surface area contributed by atoms with Gasteiger partial charge in [0.1, 0.15) is 0 Å². The van der Waals surface area contributed by atoms with Crippen LogP contribution in [0.2, 0.25) is 0 Å². The maximum atomic E-state index is 11.3. The standard InChI is InChI=1S/C56H36O5.C2H6/c57-52-51(53(58)55(60)56(61)54(52)59)50-45-14-7-6-13-44(45)49(46-28-25-39(31-48(46)50)32-9-2-1-3-10-32)36-23-19-34(20-24-36)33-17-21-35(22-18-33)41-15-8-16-42-43(41)27-26-40-29-37-11-4-5-12-38(37)30-47(40)42;1-2/h1-31,57-61H;1-2H3. The van der Waals surface area contributed by atoms with Gasteiger partial charge in [-0.1, -0.05) is 184 Å². The van der Waals surface area contributed by atoms with Gasteiger partial charge in [0.05, 0.1) is 5.56 Å². The van der Waals surface area contributed by atoms with Crippen LogP contribution >= 0.6 is 0 Å². The second-order valence-corrected chi connectivity index (χ2v) is 15.6. The second-order valence-electron chi connectivity index (χ2n) is 15.6. The smallest absolute Gasteiger partial charge is 0.208 e. The molecule has 11 aromatic carbocycles. The molecular formula is C58H42O5. The van der Waals surface area contributed by atoms with Crippen molar-refractivity contribution in [3.05, 3.63) is 188 Å². The van der Waals surface area contributed by atoms with E-state index >= 15 is 0 Å². The summed E-state index contributed by atoms with van der Waals surface area (Å²) in [6.45, 7) is 4.00. The van der Waals surface area contributed by atoms with Crippen LogP contribution in [-0.4, -0.2) is 25.5 Å². The molecule has 0 radical (unpaired) electrons. The number of hydrogen-bond donors (Lipinski definition) is 5. The molecule has 0 amide bonds. The van der Waals surface area contributed by atoms with Gasteiger partial charge in [-0.3, -0.25) is 0 Å². The Morgan fingerprint density at radius 3 is 1.38 bits per heavy atom. The first kappa shape index (κ1) is 38.9. The summed E-state index contributed by atoms with van der Waals surface area (Å²) in [7, 11) is 0. The Morgan fingerprint density at radius 2 is 0.714 bits per heavy atom. The lowest BCUT2D eigenvalue weighted by Gasteiger charge is -2.21. The van der Waals surface area contributed by atoms with Crippen molar-refractivity contribution >= 4 is 53.9 Å². The van der Waals surface area contributed by atoms with Crippen LogP contribution in [0.3, 0.4) is 0 Å². The molecule has 0 fully saturated rings. The van der Waals surface area contributed by atoms with E-state index in [9.17, 15) is 25.5 Å². The zero-order valence-electron chi connectivity index (χ0n) is 34.6. The minimum Gasteiger partial charge on any atom is -0.504 e. The van der Waals surface area contributed by atoms with Gasteiger partial charge in [-0.05, 0) is 117 Å². The van der Waals surface area contributed by atoms with Crippen molar-refractivity contribution in [2.45, 2.75) is 13.8 Å². The van der Waals surface area contributed by atoms with Crippen LogP contribution < -0.4 is 0 Å². The molecule has 0 saturated heterocycles. The number of phenolic OH excluding ortho intramolecular Hbond substituents is 5. The molecule has 11 aromatic rings. The Hall–Kier alpha value is -8.28. The third-order valence-corrected chi connectivity index (χ3v) is 12.2. The van der Waals surface area contributed by atoms with Crippen LogP contribution in [0.1, 0.15) is 13.8 Å². The van der Waals surface area contributed by atoms with Crippen molar-refractivity contribution in [2.24, 2.45) is 0 Å². The van der Waals surface area contributed by atoms with Crippen LogP contribution in [0.5, 0.6) is 28.7 Å². The minimum atomic E-state index is -1.00. The van der Waals surface area contributed by atoms with Gasteiger partial charge < -0.3 is 25.5 Å². The zero-order valence-corrected chi connectivity index (χ0v) is 34.6. The van der Waals surface area contributed by atoms with Gasteiger partial charge in [0.2, 0.25) is 17.2 Å². The average molecular weight is 819 g/mol. The van der Waals surface area contributed by atoms with E-state index in [1.165, 1.54) is 37.9 Å². The van der Waals surface area contributed by atoms with Crippen molar-refractivity contribution in [1.29, 1.82) is 0 Å². The molecule has 0 bridgehead atoms. The van der Waals surface area contributed by atoms with Gasteiger partial charge in [-0.15, -0.1) is 0 Å². The highest BCUT2D eigenvalue weighted by molar-refractivity contribution is 6.23. The Balaban J connectivity index is 0.00000232. The molecule has 63 heavy (non-hydrogen) atoms. The Labute approximate surface area is 364 Å². The molecule has 0 aliphatic rings. The quantitative estimate of drug-likeness (QED) is 0.0515. The number of phenols is 5. The first-order valence-corrected chi connectivity index (χ1v) is 21.1. The molecule has 5 N–H and O–H groups in total. The number of fused-ring (bicyclic) bond motifs is 6. The Kier molecular flexibility index (Phi) is 9.65. The SMILES string of the molecule is CC.Oc1c(O)c(O)c(-c2c3ccccc3c(-c3ccc(-c4ccc(-c5cccc6c5ccc5cc7ccccc7cc56)cc4)cc3)c3ccc(-c4ccccc4)cc23)c(O)c1O. The zero-order chi connectivity index (χ0) is 43.4. The first-order chi connectivity index (χ1) is 30.8. The maximum absolute atomic E-state index is 11.3. The van der Waals surface area contributed by atoms with Gasteiger partial charge in [0.15, 0.2) is 11.5 Å². The van der Waals surface area contributed by atoms with Gasteiger partial charge >= 0.3 is 0 Å². The second kappa shape index (κ2) is 15.6. The first-order valence-electron chi connectivity index (χ1n) is 21.1. The highest BCUT2D eigenvalue weighted by Gasteiger charge is 2.28. The van der Waals surface area contributed by atoms with Crippen molar-refractivity contribution in [3.63, 3.8) is 0 Å². The lowest BCUT2D eigenvalue weighted by atomic mass is 9.84. The van der Waals surface area contributed by atoms with Crippen molar-refractivity contribution in [1.82, 2.24) is 0 Å². The fourth-order valence-electron chi connectivity index (χ4n) is 9.20. The molecule has 0 aromatic heterocycles. The average Bonchev–Trinajstić information content (AvgIpc) is 3.35. The molecule has 0 unspecified atom stereocenters. The summed E-state index contributed by atoms with van der Waals surface area (Å²) in [5.74, 6) is -4.33. The third kappa shape index (κ3) is 6.41. The van der Waals surface area contributed by atoms with Crippen molar-refractivity contribution in [3.8, 4) is 84.4 Å². The fourth-order valence-corrected chi connectivity index (χ4v) is 9.20. The number of benzene rings is 11. The summed E-state index contributed by atoms with van der Waals surface area (Å²) in [5.41, 5.74) is 8.46.